The minimum atomic E-state index is -5.06. The molecule has 1 aromatic carbocycles. The van der Waals surface area contributed by atoms with E-state index in [-0.39, 0.29) is 17.3 Å². The molecule has 8 heteroatoms. The lowest BCUT2D eigenvalue weighted by Gasteiger charge is -2.31. The largest absolute Gasteiger partial charge is 0.448 e. The first-order valence-corrected chi connectivity index (χ1v) is 6.59. The number of hydrogen-bond donors (Lipinski definition) is 1. The van der Waals surface area contributed by atoms with E-state index in [0.717, 1.165) is 5.56 Å². The number of hydrazone groups is 1. The molecule has 0 aliphatic carbocycles. The van der Waals surface area contributed by atoms with Crippen LogP contribution in [-0.2, 0) is 4.74 Å². The number of rotatable bonds is 2. The van der Waals surface area contributed by atoms with Gasteiger partial charge in [-0.1, -0.05) is 29.8 Å². The topological polar surface area (TPSA) is 62.1 Å². The summed E-state index contributed by atoms with van der Waals surface area (Å²) < 4.78 is 44.1. The highest BCUT2D eigenvalue weighted by Crippen LogP contribution is 2.41. The molecule has 1 heterocycles. The van der Waals surface area contributed by atoms with Crippen LogP contribution < -0.4 is 0 Å². The molecule has 0 spiro atoms. The van der Waals surface area contributed by atoms with Crippen LogP contribution in [0.15, 0.2) is 29.4 Å². The van der Waals surface area contributed by atoms with Crippen LogP contribution in [0.1, 0.15) is 24.5 Å². The van der Waals surface area contributed by atoms with Gasteiger partial charge in [-0.05, 0) is 19.4 Å². The molecule has 1 amide bonds. The summed E-state index contributed by atoms with van der Waals surface area (Å²) in [6.45, 7) is 3.15. The third-order valence-electron chi connectivity index (χ3n) is 3.26. The Kier molecular flexibility index (Phi) is 4.15. The number of ether oxygens (including phenoxy) is 1. The van der Waals surface area contributed by atoms with E-state index in [1.54, 1.807) is 24.3 Å². The maximum atomic E-state index is 13.2. The Labute approximate surface area is 125 Å². The Morgan fingerprint density at radius 1 is 1.41 bits per heavy atom. The molecule has 0 bridgehead atoms. The first kappa shape index (κ1) is 16.3. The van der Waals surface area contributed by atoms with Crippen LogP contribution in [-0.4, -0.2) is 40.4 Å². The second-order valence-corrected chi connectivity index (χ2v) is 4.91. The first-order valence-electron chi connectivity index (χ1n) is 6.59. The highest BCUT2D eigenvalue weighted by molar-refractivity contribution is 6.03. The predicted molar refractivity (Wildman–Crippen MR) is 72.2 cm³/mol. The molecule has 1 N–H and O–H groups in total. The second kappa shape index (κ2) is 5.60. The van der Waals surface area contributed by atoms with E-state index < -0.39 is 24.4 Å². The molecule has 1 atom stereocenters. The zero-order valence-corrected chi connectivity index (χ0v) is 12.0. The third-order valence-corrected chi connectivity index (χ3v) is 3.26. The summed E-state index contributed by atoms with van der Waals surface area (Å²) >= 11 is 0. The molecular weight excluding hydrogens is 301 g/mol. The summed E-state index contributed by atoms with van der Waals surface area (Å²) in [5.74, 6) is 0. The Hall–Kier alpha value is -2.09. The standard InChI is InChI=1S/C14H15F3N2O3/c1-3-22-12(20)19-13(21,14(15,16)17)8-11(18-19)10-6-4-9(2)5-7-10/h4-7,21H,3,8H2,1-2H3/t13-/m0/s1. The zero-order chi connectivity index (χ0) is 16.5. The Balaban J connectivity index is 2.40. The number of carbonyl (C=O) groups excluding carboxylic acids is 1. The fourth-order valence-corrected chi connectivity index (χ4v) is 2.05. The summed E-state index contributed by atoms with van der Waals surface area (Å²) in [7, 11) is 0. The number of aliphatic hydroxyl groups is 1. The van der Waals surface area contributed by atoms with E-state index in [9.17, 15) is 23.1 Å². The minimum Gasteiger partial charge on any atom is -0.448 e. The number of nitrogens with zero attached hydrogens (tertiary/aromatic N) is 2. The van der Waals surface area contributed by atoms with Crippen LogP contribution in [0.5, 0.6) is 0 Å². The molecule has 120 valence electrons. The van der Waals surface area contributed by atoms with Crippen molar-refractivity contribution in [3.05, 3.63) is 35.4 Å². The van der Waals surface area contributed by atoms with E-state index in [4.69, 9.17) is 0 Å². The highest BCUT2D eigenvalue weighted by Gasteiger charge is 2.64. The van der Waals surface area contributed by atoms with Crippen molar-refractivity contribution in [1.82, 2.24) is 5.01 Å². The maximum absolute atomic E-state index is 13.2. The van der Waals surface area contributed by atoms with Crippen molar-refractivity contribution in [2.75, 3.05) is 6.61 Å². The van der Waals surface area contributed by atoms with E-state index in [0.29, 0.717) is 5.56 Å². The van der Waals surface area contributed by atoms with Crippen LogP contribution in [0, 0.1) is 6.92 Å². The highest BCUT2D eigenvalue weighted by atomic mass is 19.4. The smallest absolute Gasteiger partial charge is 0.439 e. The molecule has 0 fully saturated rings. The van der Waals surface area contributed by atoms with Gasteiger partial charge in [0.25, 0.3) is 5.72 Å². The number of halogens is 3. The minimum absolute atomic E-state index is 0.0344. The molecule has 0 saturated carbocycles. The lowest BCUT2D eigenvalue weighted by Crippen LogP contribution is -2.56. The second-order valence-electron chi connectivity index (χ2n) is 4.91. The average Bonchev–Trinajstić information content (AvgIpc) is 2.79. The molecule has 5 nitrogen and oxygen atoms in total. The van der Waals surface area contributed by atoms with Crippen molar-refractivity contribution in [2.24, 2.45) is 5.10 Å². The van der Waals surface area contributed by atoms with Gasteiger partial charge in [-0.25, -0.2) is 4.79 Å². The number of hydrogen-bond acceptors (Lipinski definition) is 4. The van der Waals surface area contributed by atoms with Gasteiger partial charge >= 0.3 is 12.3 Å². The van der Waals surface area contributed by atoms with E-state index in [2.05, 4.69) is 9.84 Å². The van der Waals surface area contributed by atoms with Crippen molar-refractivity contribution in [3.63, 3.8) is 0 Å². The molecule has 0 unspecified atom stereocenters. The normalized spacial score (nSPS) is 21.7. The SMILES string of the molecule is CCOC(=O)N1N=C(c2ccc(C)cc2)C[C@]1(O)C(F)(F)F. The summed E-state index contributed by atoms with van der Waals surface area (Å²) in [6.07, 6.45) is -7.25. The number of benzene rings is 1. The average molecular weight is 316 g/mol. The quantitative estimate of drug-likeness (QED) is 0.912. The van der Waals surface area contributed by atoms with E-state index in [1.165, 1.54) is 6.92 Å². The number of carbonyl (C=O) groups is 1. The van der Waals surface area contributed by atoms with Crippen molar-refractivity contribution in [1.29, 1.82) is 0 Å². The van der Waals surface area contributed by atoms with Gasteiger partial charge in [-0.3, -0.25) is 0 Å². The van der Waals surface area contributed by atoms with Gasteiger partial charge in [0.15, 0.2) is 0 Å². The third kappa shape index (κ3) is 2.78. The summed E-state index contributed by atoms with van der Waals surface area (Å²) in [6, 6.07) is 6.58. The molecule has 1 aliphatic rings. The molecule has 22 heavy (non-hydrogen) atoms. The fourth-order valence-electron chi connectivity index (χ4n) is 2.05. The number of aryl methyl sites for hydroxylation is 1. The maximum Gasteiger partial charge on any atom is 0.439 e. The van der Waals surface area contributed by atoms with Gasteiger partial charge in [0.1, 0.15) is 0 Å². The lowest BCUT2D eigenvalue weighted by molar-refractivity contribution is -0.299. The van der Waals surface area contributed by atoms with Crippen LogP contribution in [0.4, 0.5) is 18.0 Å². The molecule has 1 aliphatic heterocycles. The van der Waals surface area contributed by atoms with Gasteiger partial charge < -0.3 is 9.84 Å². The van der Waals surface area contributed by atoms with Crippen molar-refractivity contribution in [2.45, 2.75) is 32.2 Å². The summed E-state index contributed by atoms with van der Waals surface area (Å²) in [4.78, 5) is 11.7. The number of alkyl halides is 3. The van der Waals surface area contributed by atoms with Gasteiger partial charge in [0.2, 0.25) is 0 Å². The van der Waals surface area contributed by atoms with Crippen LogP contribution >= 0.6 is 0 Å². The van der Waals surface area contributed by atoms with Gasteiger partial charge in [-0.2, -0.15) is 23.3 Å². The summed E-state index contributed by atoms with van der Waals surface area (Å²) in [5, 5.41) is 13.6. The van der Waals surface area contributed by atoms with Crippen molar-refractivity contribution in [3.8, 4) is 0 Å². The molecular formula is C14H15F3N2O3. The van der Waals surface area contributed by atoms with Gasteiger partial charge in [0.05, 0.1) is 18.7 Å². The first-order chi connectivity index (χ1) is 10.2. The van der Waals surface area contributed by atoms with Gasteiger partial charge in [-0.15, -0.1) is 0 Å². The molecule has 0 radical (unpaired) electrons. The Morgan fingerprint density at radius 3 is 2.50 bits per heavy atom. The lowest BCUT2D eigenvalue weighted by atomic mass is 10.0. The van der Waals surface area contributed by atoms with Crippen LogP contribution in [0.3, 0.4) is 0 Å². The molecule has 0 saturated heterocycles. The zero-order valence-electron chi connectivity index (χ0n) is 12.0. The Morgan fingerprint density at radius 2 is 2.00 bits per heavy atom. The molecule has 2 rings (SSSR count). The molecule has 1 aromatic rings. The predicted octanol–water partition coefficient (Wildman–Crippen LogP) is 2.81. The van der Waals surface area contributed by atoms with Crippen molar-refractivity contribution < 1.29 is 27.8 Å². The van der Waals surface area contributed by atoms with Crippen molar-refractivity contribution >= 4 is 11.8 Å². The summed E-state index contributed by atoms with van der Waals surface area (Å²) in [5.41, 5.74) is -2.11. The monoisotopic (exact) mass is 316 g/mol. The number of amides is 1. The van der Waals surface area contributed by atoms with Crippen LogP contribution in [0.25, 0.3) is 0 Å². The van der Waals surface area contributed by atoms with Crippen LogP contribution in [0.2, 0.25) is 0 Å². The molecule has 0 aromatic heterocycles. The van der Waals surface area contributed by atoms with E-state index in [1.807, 2.05) is 6.92 Å². The fraction of sp³-hybridized carbons (Fsp3) is 0.429. The van der Waals surface area contributed by atoms with E-state index >= 15 is 0 Å². The van der Waals surface area contributed by atoms with Gasteiger partial charge in [0, 0.05) is 0 Å². The Bertz CT molecular complexity index is 598.